The first-order valence-corrected chi connectivity index (χ1v) is 9.44. The molecule has 0 saturated heterocycles. The molecule has 0 unspecified atom stereocenters. The second-order valence-corrected chi connectivity index (χ2v) is 7.45. The Morgan fingerprint density at radius 3 is 2.33 bits per heavy atom. The van der Waals surface area contributed by atoms with Crippen molar-refractivity contribution in [3.8, 4) is 0 Å². The molecule has 1 aromatic heterocycles. The summed E-state index contributed by atoms with van der Waals surface area (Å²) in [6, 6.07) is 16.4. The molecule has 1 heterocycles. The minimum atomic E-state index is -4.07. The second kappa shape index (κ2) is 7.96. The molecule has 0 atom stereocenters. The van der Waals surface area contributed by atoms with Gasteiger partial charge >= 0.3 is 0 Å². The van der Waals surface area contributed by atoms with E-state index < -0.39 is 28.3 Å². The van der Waals surface area contributed by atoms with Crippen molar-refractivity contribution in [2.24, 2.45) is 0 Å². The van der Waals surface area contributed by atoms with Crippen LogP contribution >= 0.6 is 0 Å². The number of carbonyl (C=O) groups excluding carboxylic acids is 1. The average molecular weight is 385 g/mol. The van der Waals surface area contributed by atoms with Crippen molar-refractivity contribution in [3.63, 3.8) is 0 Å². The van der Waals surface area contributed by atoms with E-state index in [-0.39, 0.29) is 10.6 Å². The van der Waals surface area contributed by atoms with Crippen LogP contribution in [0.15, 0.2) is 84.0 Å². The maximum atomic E-state index is 13.3. The van der Waals surface area contributed by atoms with Crippen molar-refractivity contribution in [3.05, 3.63) is 84.9 Å². The highest BCUT2D eigenvalue weighted by Gasteiger charge is 2.27. The minimum Gasteiger partial charge on any atom is -0.325 e. The molecule has 0 fully saturated rings. The van der Waals surface area contributed by atoms with Gasteiger partial charge in [-0.2, -0.15) is 0 Å². The predicted octanol–water partition coefficient (Wildman–Crippen LogP) is 3.05. The van der Waals surface area contributed by atoms with E-state index in [2.05, 4.69) is 10.3 Å². The number of anilines is 2. The average Bonchev–Trinajstić information content (AvgIpc) is 2.68. The molecule has 138 valence electrons. The lowest BCUT2D eigenvalue weighted by molar-refractivity contribution is -0.114. The van der Waals surface area contributed by atoms with Gasteiger partial charge in [-0.25, -0.2) is 12.8 Å². The van der Waals surface area contributed by atoms with E-state index in [0.29, 0.717) is 5.69 Å². The molecular formula is C19H16FN3O3S. The van der Waals surface area contributed by atoms with Gasteiger partial charge in [-0.1, -0.05) is 18.2 Å². The highest BCUT2D eigenvalue weighted by molar-refractivity contribution is 7.92. The van der Waals surface area contributed by atoms with Gasteiger partial charge in [0.2, 0.25) is 5.91 Å². The zero-order valence-electron chi connectivity index (χ0n) is 14.1. The molecular weight excluding hydrogens is 369 g/mol. The van der Waals surface area contributed by atoms with Crippen molar-refractivity contribution in [2.75, 3.05) is 16.2 Å². The van der Waals surface area contributed by atoms with Crippen LogP contribution in [0.3, 0.4) is 0 Å². The standard InChI is InChI=1S/C19H16FN3O3S/c20-15-8-10-17(11-9-15)23(27(25,26)18-7-4-12-21-13-18)14-19(24)22-16-5-2-1-3-6-16/h1-13H,14H2,(H,22,24). The van der Waals surface area contributed by atoms with E-state index >= 15 is 0 Å². The lowest BCUT2D eigenvalue weighted by Gasteiger charge is -2.24. The van der Waals surface area contributed by atoms with Gasteiger partial charge in [0.1, 0.15) is 17.3 Å². The van der Waals surface area contributed by atoms with Crippen molar-refractivity contribution in [1.29, 1.82) is 0 Å². The number of hydrogen-bond donors (Lipinski definition) is 1. The fourth-order valence-electron chi connectivity index (χ4n) is 2.40. The number of hydrogen-bond acceptors (Lipinski definition) is 4. The first-order chi connectivity index (χ1) is 13.0. The van der Waals surface area contributed by atoms with Crippen LogP contribution in [0.4, 0.5) is 15.8 Å². The predicted molar refractivity (Wildman–Crippen MR) is 100 cm³/mol. The van der Waals surface area contributed by atoms with Gasteiger partial charge in [-0.05, 0) is 48.5 Å². The highest BCUT2D eigenvalue weighted by atomic mass is 32.2. The summed E-state index contributed by atoms with van der Waals surface area (Å²) < 4.78 is 40.2. The summed E-state index contributed by atoms with van der Waals surface area (Å²) >= 11 is 0. The Balaban J connectivity index is 1.93. The molecule has 0 aliphatic heterocycles. The first-order valence-electron chi connectivity index (χ1n) is 8.00. The second-order valence-electron chi connectivity index (χ2n) is 5.59. The molecule has 6 nitrogen and oxygen atoms in total. The zero-order valence-corrected chi connectivity index (χ0v) is 14.9. The number of benzene rings is 2. The normalized spacial score (nSPS) is 11.0. The molecule has 0 aliphatic rings. The summed E-state index contributed by atoms with van der Waals surface area (Å²) in [5.41, 5.74) is 0.712. The Morgan fingerprint density at radius 2 is 1.70 bits per heavy atom. The van der Waals surface area contributed by atoms with Crippen LogP contribution in [0.5, 0.6) is 0 Å². The highest BCUT2D eigenvalue weighted by Crippen LogP contribution is 2.23. The Hall–Kier alpha value is -3.26. The fraction of sp³-hybridized carbons (Fsp3) is 0.0526. The number of rotatable bonds is 6. The number of nitrogens with one attached hydrogen (secondary N) is 1. The number of carbonyl (C=O) groups is 1. The molecule has 1 N–H and O–H groups in total. The van der Waals surface area contributed by atoms with Crippen LogP contribution in [0, 0.1) is 5.82 Å². The van der Waals surface area contributed by atoms with Gasteiger partial charge in [0.05, 0.1) is 5.69 Å². The van der Waals surface area contributed by atoms with E-state index in [1.54, 1.807) is 30.3 Å². The third kappa shape index (κ3) is 4.48. The van der Waals surface area contributed by atoms with Crippen molar-refractivity contribution in [2.45, 2.75) is 4.90 Å². The van der Waals surface area contributed by atoms with Crippen molar-refractivity contribution in [1.82, 2.24) is 4.98 Å². The summed E-state index contributed by atoms with van der Waals surface area (Å²) in [6.45, 7) is -0.474. The summed E-state index contributed by atoms with van der Waals surface area (Å²) in [7, 11) is -4.07. The lowest BCUT2D eigenvalue weighted by Crippen LogP contribution is -2.38. The number of nitrogens with zero attached hydrogens (tertiary/aromatic N) is 2. The fourth-order valence-corrected chi connectivity index (χ4v) is 3.79. The van der Waals surface area contributed by atoms with Crippen molar-refractivity contribution >= 4 is 27.3 Å². The van der Waals surface area contributed by atoms with E-state index in [1.807, 2.05) is 0 Å². The Morgan fingerprint density at radius 1 is 1.00 bits per heavy atom. The smallest absolute Gasteiger partial charge is 0.266 e. The first kappa shape index (κ1) is 18.5. The molecule has 3 rings (SSSR count). The van der Waals surface area contributed by atoms with Gasteiger partial charge in [-0.3, -0.25) is 14.1 Å². The quantitative estimate of drug-likeness (QED) is 0.707. The number of para-hydroxylation sites is 1. The Kier molecular flexibility index (Phi) is 5.46. The van der Waals surface area contributed by atoms with Gasteiger partial charge in [0.15, 0.2) is 0 Å². The molecule has 0 aliphatic carbocycles. The SMILES string of the molecule is O=C(CN(c1ccc(F)cc1)S(=O)(=O)c1cccnc1)Nc1ccccc1. The van der Waals surface area contributed by atoms with Crippen molar-refractivity contribution < 1.29 is 17.6 Å². The number of pyridine rings is 1. The molecule has 0 spiro atoms. The van der Waals surface area contributed by atoms with Crippen LogP contribution < -0.4 is 9.62 Å². The molecule has 8 heteroatoms. The van der Waals surface area contributed by atoms with Gasteiger partial charge in [0.25, 0.3) is 10.0 Å². The van der Waals surface area contributed by atoms with E-state index in [1.165, 1.54) is 36.7 Å². The van der Waals surface area contributed by atoms with Crippen LogP contribution in [-0.4, -0.2) is 25.9 Å². The van der Waals surface area contributed by atoms with E-state index in [4.69, 9.17) is 0 Å². The minimum absolute atomic E-state index is 0.0677. The zero-order chi connectivity index (χ0) is 19.3. The third-order valence-electron chi connectivity index (χ3n) is 3.68. The van der Waals surface area contributed by atoms with Gasteiger partial charge < -0.3 is 5.32 Å². The van der Waals surface area contributed by atoms with Crippen LogP contribution in [0.1, 0.15) is 0 Å². The molecule has 0 radical (unpaired) electrons. The van der Waals surface area contributed by atoms with E-state index in [9.17, 15) is 17.6 Å². The number of halogens is 1. The largest absolute Gasteiger partial charge is 0.325 e. The molecule has 1 amide bonds. The third-order valence-corrected chi connectivity index (χ3v) is 5.44. The summed E-state index contributed by atoms with van der Waals surface area (Å²) in [5, 5.41) is 2.64. The Bertz CT molecular complexity index is 1010. The molecule has 27 heavy (non-hydrogen) atoms. The van der Waals surface area contributed by atoms with Crippen LogP contribution in [-0.2, 0) is 14.8 Å². The number of aromatic nitrogens is 1. The van der Waals surface area contributed by atoms with Gasteiger partial charge in [-0.15, -0.1) is 0 Å². The summed E-state index contributed by atoms with van der Waals surface area (Å²) in [4.78, 5) is 16.2. The molecule has 2 aromatic carbocycles. The molecule has 3 aromatic rings. The summed E-state index contributed by atoms with van der Waals surface area (Å²) in [6.07, 6.45) is 2.64. The summed E-state index contributed by atoms with van der Waals surface area (Å²) in [5.74, 6) is -1.04. The van der Waals surface area contributed by atoms with Crippen LogP contribution in [0.2, 0.25) is 0 Å². The number of sulfonamides is 1. The maximum absolute atomic E-state index is 13.3. The van der Waals surface area contributed by atoms with Crippen LogP contribution in [0.25, 0.3) is 0 Å². The maximum Gasteiger partial charge on any atom is 0.266 e. The van der Waals surface area contributed by atoms with E-state index in [0.717, 1.165) is 16.4 Å². The number of amides is 1. The molecule has 0 bridgehead atoms. The monoisotopic (exact) mass is 385 g/mol. The lowest BCUT2D eigenvalue weighted by atomic mass is 10.3. The topological polar surface area (TPSA) is 79.4 Å². The van der Waals surface area contributed by atoms with Gasteiger partial charge in [0, 0.05) is 18.1 Å². The Labute approximate surface area is 156 Å². The molecule has 0 saturated carbocycles.